The number of ether oxygens (including phenoxy) is 1. The zero-order chi connectivity index (χ0) is 17.6. The van der Waals surface area contributed by atoms with Crippen LogP contribution in [0.4, 0.5) is 0 Å². The minimum Gasteiger partial charge on any atom is -0.468 e. The van der Waals surface area contributed by atoms with Gasteiger partial charge in [0.15, 0.2) is 0 Å². The lowest BCUT2D eigenvalue weighted by molar-refractivity contribution is -0.150. The molecule has 1 rings (SSSR count). The van der Waals surface area contributed by atoms with E-state index in [2.05, 4.69) is 0 Å². The molecule has 0 amide bonds. The first-order valence-electron chi connectivity index (χ1n) is 8.04. The highest BCUT2D eigenvalue weighted by Crippen LogP contribution is 2.42. The van der Waals surface area contributed by atoms with Crippen LogP contribution < -0.4 is 0 Å². The summed E-state index contributed by atoms with van der Waals surface area (Å²) in [5.74, 6) is -0.105. The highest BCUT2D eigenvalue weighted by molar-refractivity contribution is 5.82. The van der Waals surface area contributed by atoms with Gasteiger partial charge < -0.3 is 14.6 Å². The first kappa shape index (κ1) is 19.4. The zero-order valence-electron chi connectivity index (χ0n) is 14.8. The van der Waals surface area contributed by atoms with Crippen molar-refractivity contribution in [3.63, 3.8) is 0 Å². The van der Waals surface area contributed by atoms with Crippen LogP contribution in [0.1, 0.15) is 53.4 Å². The summed E-state index contributed by atoms with van der Waals surface area (Å²) >= 11 is 0. The van der Waals surface area contributed by atoms with Crippen LogP contribution in [0.25, 0.3) is 0 Å². The molecule has 0 radical (unpaired) electrons. The van der Waals surface area contributed by atoms with Gasteiger partial charge in [0, 0.05) is 6.42 Å². The average Bonchev–Trinajstić information content (AvgIpc) is 2.50. The van der Waals surface area contributed by atoms with Crippen molar-refractivity contribution < 1.29 is 19.4 Å². The van der Waals surface area contributed by atoms with E-state index in [-0.39, 0.29) is 11.8 Å². The summed E-state index contributed by atoms with van der Waals surface area (Å²) in [5, 5.41) is 10.1. The standard InChI is InChI=1S/C19H28O4/c1-13(7-6-8-14(2)20)9-10-16-15(3)17(21)11-12-19(16,4)18(22)23-5/h7,9-10,17,21H,6,8,11-12H2,1-5H3/b10-9+,13-7-/t17-,19-/m0/s1. The number of esters is 1. The molecular formula is C19H28O4. The van der Waals surface area contributed by atoms with Gasteiger partial charge in [0.25, 0.3) is 0 Å². The van der Waals surface area contributed by atoms with Crippen LogP contribution in [-0.2, 0) is 14.3 Å². The van der Waals surface area contributed by atoms with Crippen molar-refractivity contribution in [2.45, 2.75) is 59.5 Å². The molecule has 1 aliphatic carbocycles. The monoisotopic (exact) mass is 320 g/mol. The van der Waals surface area contributed by atoms with Crippen molar-refractivity contribution in [2.24, 2.45) is 5.41 Å². The number of aliphatic hydroxyl groups excluding tert-OH is 1. The van der Waals surface area contributed by atoms with E-state index in [1.807, 2.05) is 39.0 Å². The normalized spacial score (nSPS) is 25.8. The molecule has 0 aromatic rings. The van der Waals surface area contributed by atoms with Crippen LogP contribution in [0.3, 0.4) is 0 Å². The molecule has 128 valence electrons. The quantitative estimate of drug-likeness (QED) is 0.601. The fourth-order valence-electron chi connectivity index (χ4n) is 2.93. The van der Waals surface area contributed by atoms with E-state index >= 15 is 0 Å². The maximum atomic E-state index is 12.2. The van der Waals surface area contributed by atoms with E-state index in [9.17, 15) is 14.7 Å². The Morgan fingerprint density at radius 2 is 2.04 bits per heavy atom. The van der Waals surface area contributed by atoms with E-state index in [0.717, 1.165) is 16.7 Å². The van der Waals surface area contributed by atoms with Gasteiger partial charge in [-0.1, -0.05) is 23.8 Å². The third kappa shape index (κ3) is 4.90. The molecule has 0 spiro atoms. The Morgan fingerprint density at radius 1 is 1.39 bits per heavy atom. The lowest BCUT2D eigenvalue weighted by atomic mass is 9.70. The molecular weight excluding hydrogens is 292 g/mol. The largest absolute Gasteiger partial charge is 0.468 e. The van der Waals surface area contributed by atoms with Crippen molar-refractivity contribution in [3.05, 3.63) is 34.9 Å². The van der Waals surface area contributed by atoms with Gasteiger partial charge in [-0.05, 0) is 58.1 Å². The fraction of sp³-hybridized carbons (Fsp3) is 0.579. The van der Waals surface area contributed by atoms with Crippen LogP contribution in [0, 0.1) is 5.41 Å². The fourth-order valence-corrected chi connectivity index (χ4v) is 2.93. The minimum atomic E-state index is -0.728. The van der Waals surface area contributed by atoms with Gasteiger partial charge in [-0.25, -0.2) is 0 Å². The maximum absolute atomic E-state index is 12.2. The Labute approximate surface area is 138 Å². The molecule has 0 aliphatic heterocycles. The van der Waals surface area contributed by atoms with Crippen LogP contribution >= 0.6 is 0 Å². The summed E-state index contributed by atoms with van der Waals surface area (Å²) in [7, 11) is 1.39. The predicted octanol–water partition coefficient (Wildman–Crippen LogP) is 3.51. The van der Waals surface area contributed by atoms with Crippen LogP contribution in [0.2, 0.25) is 0 Å². The summed E-state index contributed by atoms with van der Waals surface area (Å²) in [6.07, 6.45) is 7.67. The van der Waals surface area contributed by atoms with Crippen molar-refractivity contribution in [3.8, 4) is 0 Å². The van der Waals surface area contributed by atoms with Crippen LogP contribution in [-0.4, -0.2) is 30.1 Å². The smallest absolute Gasteiger partial charge is 0.315 e. The lowest BCUT2D eigenvalue weighted by Gasteiger charge is -2.36. The molecule has 0 heterocycles. The molecule has 0 saturated heterocycles. The van der Waals surface area contributed by atoms with E-state index in [1.54, 1.807) is 6.92 Å². The highest BCUT2D eigenvalue weighted by Gasteiger charge is 2.42. The maximum Gasteiger partial charge on any atom is 0.315 e. The lowest BCUT2D eigenvalue weighted by Crippen LogP contribution is -2.37. The minimum absolute atomic E-state index is 0.172. The first-order valence-corrected chi connectivity index (χ1v) is 8.04. The molecule has 2 atom stereocenters. The number of allylic oxidation sites excluding steroid dienone is 4. The van der Waals surface area contributed by atoms with Gasteiger partial charge in [0.2, 0.25) is 0 Å². The third-order valence-electron chi connectivity index (χ3n) is 4.55. The third-order valence-corrected chi connectivity index (χ3v) is 4.55. The Morgan fingerprint density at radius 3 is 2.61 bits per heavy atom. The molecule has 0 aromatic heterocycles. The Balaban J connectivity index is 3.04. The molecule has 23 heavy (non-hydrogen) atoms. The van der Waals surface area contributed by atoms with Gasteiger partial charge in [-0.15, -0.1) is 0 Å². The zero-order valence-corrected chi connectivity index (χ0v) is 14.8. The second-order valence-electron chi connectivity index (χ2n) is 6.50. The molecule has 1 aliphatic rings. The van der Waals surface area contributed by atoms with E-state index in [0.29, 0.717) is 25.7 Å². The van der Waals surface area contributed by atoms with Gasteiger partial charge >= 0.3 is 5.97 Å². The van der Waals surface area contributed by atoms with Crippen LogP contribution in [0.15, 0.2) is 34.9 Å². The summed E-state index contributed by atoms with van der Waals surface area (Å²) in [6, 6.07) is 0. The Hall–Kier alpha value is -1.68. The molecule has 0 saturated carbocycles. The first-order chi connectivity index (χ1) is 10.7. The number of ketones is 1. The molecule has 1 N–H and O–H groups in total. The number of aliphatic hydroxyl groups is 1. The molecule has 0 aromatic carbocycles. The number of carbonyl (C=O) groups is 2. The number of hydrogen-bond donors (Lipinski definition) is 1. The van der Waals surface area contributed by atoms with E-state index in [1.165, 1.54) is 7.11 Å². The number of hydrogen-bond acceptors (Lipinski definition) is 4. The molecule has 0 fully saturated rings. The van der Waals surface area contributed by atoms with Crippen molar-refractivity contribution in [2.75, 3.05) is 7.11 Å². The Bertz CT molecular complexity index is 554. The number of rotatable bonds is 6. The van der Waals surface area contributed by atoms with Gasteiger partial charge in [0.1, 0.15) is 5.78 Å². The molecule has 4 nitrogen and oxygen atoms in total. The van der Waals surface area contributed by atoms with Crippen molar-refractivity contribution in [1.82, 2.24) is 0 Å². The summed E-state index contributed by atoms with van der Waals surface area (Å²) in [4.78, 5) is 23.2. The molecule has 0 bridgehead atoms. The van der Waals surface area contributed by atoms with E-state index < -0.39 is 11.5 Å². The van der Waals surface area contributed by atoms with Crippen molar-refractivity contribution >= 4 is 11.8 Å². The second-order valence-corrected chi connectivity index (χ2v) is 6.50. The number of Topliss-reactive ketones (excluding diaryl/α,β-unsaturated/α-hetero) is 1. The topological polar surface area (TPSA) is 63.6 Å². The van der Waals surface area contributed by atoms with E-state index in [4.69, 9.17) is 4.74 Å². The summed E-state index contributed by atoms with van der Waals surface area (Å²) < 4.78 is 4.96. The summed E-state index contributed by atoms with van der Waals surface area (Å²) in [6.45, 7) is 7.27. The molecule has 0 unspecified atom stereocenters. The average molecular weight is 320 g/mol. The molecule has 4 heteroatoms. The van der Waals surface area contributed by atoms with Crippen LogP contribution in [0.5, 0.6) is 0 Å². The number of carbonyl (C=O) groups excluding carboxylic acids is 2. The number of methoxy groups -OCH3 is 1. The van der Waals surface area contributed by atoms with Gasteiger partial charge in [-0.3, -0.25) is 4.79 Å². The highest BCUT2D eigenvalue weighted by atomic mass is 16.5. The van der Waals surface area contributed by atoms with Gasteiger partial charge in [-0.2, -0.15) is 0 Å². The van der Waals surface area contributed by atoms with Crippen molar-refractivity contribution in [1.29, 1.82) is 0 Å². The Kier molecular flexibility index (Phi) is 6.95. The second kappa shape index (κ2) is 8.25. The summed E-state index contributed by atoms with van der Waals surface area (Å²) in [5.41, 5.74) is 1.94. The SMILES string of the molecule is COC(=O)[C@@]1(C)CC[C@H](O)C(C)=C1/C=C/C(C)=C\CCC(C)=O. The van der Waals surface area contributed by atoms with Gasteiger partial charge in [0.05, 0.1) is 18.6 Å². The predicted molar refractivity (Wildman–Crippen MR) is 90.9 cm³/mol.